The molecule has 4 heterocycles. The summed E-state index contributed by atoms with van der Waals surface area (Å²) in [5.74, 6) is 0.0133. The maximum Gasteiger partial charge on any atom is 0.158 e. The summed E-state index contributed by atoms with van der Waals surface area (Å²) < 4.78 is 18.3. The second-order valence-corrected chi connectivity index (χ2v) is 7.49. The highest BCUT2D eigenvalue weighted by atomic mass is 19.1. The minimum atomic E-state index is -0.484. The molecule has 0 aliphatic rings. The van der Waals surface area contributed by atoms with Gasteiger partial charge in [-0.3, -0.25) is 9.78 Å². The minimum absolute atomic E-state index is 0.156. The molecule has 0 unspecified atom stereocenters. The minimum Gasteiger partial charge on any atom is -0.261 e. The summed E-state index contributed by atoms with van der Waals surface area (Å²) in [7, 11) is 0. The predicted molar refractivity (Wildman–Crippen MR) is 118 cm³/mol. The van der Waals surface area contributed by atoms with Crippen LogP contribution < -0.4 is 0 Å². The Kier molecular flexibility index (Phi) is 4.19. The lowest BCUT2D eigenvalue weighted by molar-refractivity contribution is 0.635. The number of pyridine rings is 1. The molecule has 0 fully saturated rings. The number of rotatable bonds is 4. The molecule has 6 aromatic rings. The summed E-state index contributed by atoms with van der Waals surface area (Å²) in [6.07, 6.45) is 3.35. The number of H-pyrrole nitrogens is 1. The highest BCUT2D eigenvalue weighted by Gasteiger charge is 2.16. The van der Waals surface area contributed by atoms with E-state index in [9.17, 15) is 0 Å². The molecule has 0 atom stereocenters. The molecule has 0 aliphatic carbocycles. The van der Waals surface area contributed by atoms with E-state index in [2.05, 4.69) is 36.7 Å². The third-order valence-corrected chi connectivity index (χ3v) is 5.44. The third-order valence-electron chi connectivity index (χ3n) is 5.44. The summed E-state index contributed by atoms with van der Waals surface area (Å²) >= 11 is 0. The molecule has 1 N–H and O–H groups in total. The lowest BCUT2D eigenvalue weighted by Gasteiger charge is -2.09. The van der Waals surface area contributed by atoms with Gasteiger partial charge in [0.1, 0.15) is 11.0 Å². The first-order chi connectivity index (χ1) is 16.2. The Morgan fingerprint density at radius 2 is 1.94 bits per heavy atom. The van der Waals surface area contributed by atoms with Crippen molar-refractivity contribution in [2.75, 3.05) is 0 Å². The van der Waals surface area contributed by atoms with E-state index < -0.39 is 5.82 Å². The Bertz CT molecular complexity index is 1670. The fraction of sp³-hybridized carbons (Fsp3) is 0.0435. The number of nitrogens with one attached hydrogen (secondary N) is 1. The molecule has 9 nitrogen and oxygen atoms in total. The fourth-order valence-corrected chi connectivity index (χ4v) is 3.80. The molecule has 0 amide bonds. The smallest absolute Gasteiger partial charge is 0.158 e. The average Bonchev–Trinajstić information content (AvgIpc) is 3.58. The lowest BCUT2D eigenvalue weighted by Crippen LogP contribution is -2.04. The van der Waals surface area contributed by atoms with Gasteiger partial charge >= 0.3 is 0 Å². The van der Waals surface area contributed by atoms with E-state index in [0.29, 0.717) is 34.7 Å². The van der Waals surface area contributed by atoms with Crippen LogP contribution in [0, 0.1) is 17.1 Å². The van der Waals surface area contributed by atoms with Crippen molar-refractivity contribution in [3.63, 3.8) is 0 Å². The second-order valence-electron chi connectivity index (χ2n) is 7.49. The van der Waals surface area contributed by atoms with E-state index in [4.69, 9.17) is 5.26 Å². The fourth-order valence-electron chi connectivity index (χ4n) is 3.80. The molecule has 6 rings (SSSR count). The van der Waals surface area contributed by atoms with Crippen LogP contribution in [0.15, 0.2) is 67.0 Å². The number of nitrogens with zero attached hydrogens (tertiary/aromatic N) is 8. The second kappa shape index (κ2) is 7.35. The van der Waals surface area contributed by atoms with Gasteiger partial charge < -0.3 is 0 Å². The maximum atomic E-state index is 15.0. The van der Waals surface area contributed by atoms with E-state index in [1.807, 2.05) is 30.3 Å². The van der Waals surface area contributed by atoms with Crippen molar-refractivity contribution in [3.8, 4) is 23.1 Å². The average molecular weight is 435 g/mol. The quantitative estimate of drug-likeness (QED) is 0.452. The van der Waals surface area contributed by atoms with Gasteiger partial charge in [-0.15, -0.1) is 5.10 Å². The van der Waals surface area contributed by atoms with Crippen LogP contribution in [0.25, 0.3) is 39.1 Å². The number of aromatic amines is 1. The largest absolute Gasteiger partial charge is 0.261 e. The standard InChI is InChI=1S/C23H14FN9/c24-18-9-17(19-7-8-27-32(19)13-15-3-1-14(11-25)2-4-15)10-20-22(18)29-31-33(20)21-6-5-16-12-26-30-23(16)28-21/h1-10,12H,13H2,(H,26,28,30). The van der Waals surface area contributed by atoms with Gasteiger partial charge in [-0.05, 0) is 48.0 Å². The molecule has 0 aliphatic heterocycles. The van der Waals surface area contributed by atoms with Crippen LogP contribution in [0.2, 0.25) is 0 Å². The van der Waals surface area contributed by atoms with Crippen molar-refractivity contribution in [2.24, 2.45) is 0 Å². The van der Waals surface area contributed by atoms with Crippen LogP contribution >= 0.6 is 0 Å². The normalized spacial score (nSPS) is 11.3. The molecule has 0 spiro atoms. The zero-order valence-corrected chi connectivity index (χ0v) is 17.0. The monoisotopic (exact) mass is 435 g/mol. The molecule has 0 saturated heterocycles. The van der Waals surface area contributed by atoms with E-state index in [1.54, 1.807) is 35.3 Å². The predicted octanol–water partition coefficient (Wildman–Crippen LogP) is 3.61. The van der Waals surface area contributed by atoms with E-state index in [0.717, 1.165) is 16.6 Å². The van der Waals surface area contributed by atoms with Crippen LogP contribution in [0.1, 0.15) is 11.1 Å². The van der Waals surface area contributed by atoms with E-state index in [-0.39, 0.29) is 5.52 Å². The van der Waals surface area contributed by atoms with Crippen LogP contribution in [-0.4, -0.2) is 40.0 Å². The highest BCUT2D eigenvalue weighted by Crippen LogP contribution is 2.28. The van der Waals surface area contributed by atoms with Crippen LogP contribution in [0.4, 0.5) is 4.39 Å². The number of hydrogen-bond donors (Lipinski definition) is 1. The first-order valence-electron chi connectivity index (χ1n) is 10.1. The van der Waals surface area contributed by atoms with Crippen molar-refractivity contribution >= 4 is 22.1 Å². The summed E-state index contributed by atoms with van der Waals surface area (Å²) in [5.41, 5.74) is 4.19. The van der Waals surface area contributed by atoms with Crippen molar-refractivity contribution in [1.29, 1.82) is 5.26 Å². The van der Waals surface area contributed by atoms with Crippen LogP contribution in [0.3, 0.4) is 0 Å². The van der Waals surface area contributed by atoms with Gasteiger partial charge in [-0.25, -0.2) is 9.37 Å². The van der Waals surface area contributed by atoms with Gasteiger partial charge in [0.2, 0.25) is 0 Å². The number of fused-ring (bicyclic) bond motifs is 2. The molecule has 33 heavy (non-hydrogen) atoms. The number of hydrogen-bond acceptors (Lipinski definition) is 6. The molecule has 0 saturated carbocycles. The summed E-state index contributed by atoms with van der Waals surface area (Å²) in [5, 5.41) is 29.2. The molecule has 2 aromatic carbocycles. The Morgan fingerprint density at radius 3 is 2.79 bits per heavy atom. The topological polar surface area (TPSA) is 114 Å². The van der Waals surface area contributed by atoms with Crippen molar-refractivity contribution in [3.05, 3.63) is 83.9 Å². The number of halogens is 1. The molecular weight excluding hydrogens is 421 g/mol. The van der Waals surface area contributed by atoms with Gasteiger partial charge in [-0.2, -0.15) is 20.1 Å². The summed E-state index contributed by atoms with van der Waals surface area (Å²) in [4.78, 5) is 4.52. The zero-order valence-electron chi connectivity index (χ0n) is 17.0. The Labute approximate surface area is 185 Å². The van der Waals surface area contributed by atoms with Crippen LogP contribution in [0.5, 0.6) is 0 Å². The first-order valence-corrected chi connectivity index (χ1v) is 10.1. The molecule has 0 radical (unpaired) electrons. The summed E-state index contributed by atoms with van der Waals surface area (Å²) in [6.45, 7) is 0.475. The first kappa shape index (κ1) is 18.8. The maximum absolute atomic E-state index is 15.0. The molecule has 4 aromatic heterocycles. The Morgan fingerprint density at radius 1 is 1.06 bits per heavy atom. The van der Waals surface area contributed by atoms with Gasteiger partial charge in [0.25, 0.3) is 0 Å². The molecule has 10 heteroatoms. The van der Waals surface area contributed by atoms with E-state index >= 15 is 4.39 Å². The molecular formula is C23H14FN9. The van der Waals surface area contributed by atoms with Gasteiger partial charge in [0, 0.05) is 17.1 Å². The third kappa shape index (κ3) is 3.19. The van der Waals surface area contributed by atoms with Crippen molar-refractivity contribution < 1.29 is 4.39 Å². The lowest BCUT2D eigenvalue weighted by atomic mass is 10.1. The van der Waals surface area contributed by atoms with E-state index in [1.165, 1.54) is 10.7 Å². The zero-order chi connectivity index (χ0) is 22.4. The van der Waals surface area contributed by atoms with Crippen LogP contribution in [-0.2, 0) is 6.54 Å². The Balaban J connectivity index is 1.43. The van der Waals surface area contributed by atoms with Gasteiger partial charge in [-0.1, -0.05) is 17.3 Å². The van der Waals surface area contributed by atoms with Gasteiger partial charge in [0.15, 0.2) is 17.3 Å². The number of nitriles is 1. The van der Waals surface area contributed by atoms with Gasteiger partial charge in [0.05, 0.1) is 30.1 Å². The van der Waals surface area contributed by atoms with Crippen molar-refractivity contribution in [2.45, 2.75) is 6.54 Å². The number of aromatic nitrogens is 8. The van der Waals surface area contributed by atoms with Crippen molar-refractivity contribution in [1.82, 2.24) is 40.0 Å². The Hall–Kier alpha value is -4.91. The summed E-state index contributed by atoms with van der Waals surface area (Å²) in [6, 6.07) is 18.1. The highest BCUT2D eigenvalue weighted by molar-refractivity contribution is 5.83. The number of benzene rings is 2. The molecule has 0 bridgehead atoms. The molecule has 158 valence electrons. The SMILES string of the molecule is N#Cc1ccc(Cn2nccc2-c2cc(F)c3nnn(-c4ccc5cn[nH]c5n4)c3c2)cc1.